The van der Waals surface area contributed by atoms with Crippen LogP contribution in [0.3, 0.4) is 0 Å². The summed E-state index contributed by atoms with van der Waals surface area (Å²) in [5.41, 5.74) is 0. The zero-order chi connectivity index (χ0) is 13.7. The van der Waals surface area contributed by atoms with Gasteiger partial charge in [-0.3, -0.25) is 0 Å². The second-order valence-corrected chi connectivity index (χ2v) is 5.55. The summed E-state index contributed by atoms with van der Waals surface area (Å²) in [6.07, 6.45) is 6.78. The van der Waals surface area contributed by atoms with Crippen molar-refractivity contribution in [3.05, 3.63) is 12.3 Å². The van der Waals surface area contributed by atoms with Gasteiger partial charge in [-0.2, -0.15) is 4.98 Å². The summed E-state index contributed by atoms with van der Waals surface area (Å²) in [6.45, 7) is 7.71. The summed E-state index contributed by atoms with van der Waals surface area (Å²) in [7, 11) is 0. The molecule has 1 saturated carbocycles. The zero-order valence-electron chi connectivity index (χ0n) is 12.3. The Morgan fingerprint density at radius 1 is 1.32 bits per heavy atom. The molecule has 1 aromatic heterocycles. The first kappa shape index (κ1) is 14.1. The van der Waals surface area contributed by atoms with Crippen molar-refractivity contribution in [2.24, 2.45) is 11.8 Å². The molecule has 0 spiro atoms. The van der Waals surface area contributed by atoms with Crippen LogP contribution in [-0.2, 0) is 0 Å². The van der Waals surface area contributed by atoms with Gasteiger partial charge in [-0.25, -0.2) is 4.98 Å². The summed E-state index contributed by atoms with van der Waals surface area (Å²) in [4.78, 5) is 8.77. The first-order valence-corrected chi connectivity index (χ1v) is 7.58. The van der Waals surface area contributed by atoms with Gasteiger partial charge in [0, 0.05) is 18.8 Å². The van der Waals surface area contributed by atoms with Crippen molar-refractivity contribution in [3.63, 3.8) is 0 Å². The van der Waals surface area contributed by atoms with Gasteiger partial charge in [-0.1, -0.05) is 27.2 Å². The fourth-order valence-corrected chi connectivity index (χ4v) is 2.98. The van der Waals surface area contributed by atoms with Crippen LogP contribution in [0.5, 0.6) is 0 Å². The topological polar surface area (TPSA) is 49.8 Å². The molecule has 2 rings (SSSR count). The van der Waals surface area contributed by atoms with E-state index in [-0.39, 0.29) is 0 Å². The normalized spacial score (nSPS) is 26.4. The monoisotopic (exact) mass is 262 g/mol. The van der Waals surface area contributed by atoms with Gasteiger partial charge in [-0.15, -0.1) is 0 Å². The number of hydrogen-bond acceptors (Lipinski definition) is 4. The second kappa shape index (κ2) is 6.73. The number of rotatable bonds is 6. The predicted molar refractivity (Wildman–Crippen MR) is 80.4 cm³/mol. The first-order valence-electron chi connectivity index (χ1n) is 7.58. The Bertz CT molecular complexity index is 393. The SMILES string of the molecule is CCCNc1nccc(NC2CCC(CC)C2C)n1. The van der Waals surface area contributed by atoms with E-state index in [0.717, 1.165) is 36.6 Å². The zero-order valence-corrected chi connectivity index (χ0v) is 12.3. The van der Waals surface area contributed by atoms with Crippen LogP contribution in [0.2, 0.25) is 0 Å². The Balaban J connectivity index is 1.95. The Morgan fingerprint density at radius 2 is 2.16 bits per heavy atom. The van der Waals surface area contributed by atoms with Crippen LogP contribution in [0.1, 0.15) is 46.5 Å². The standard InChI is InChI=1S/C15H26N4/c1-4-9-16-15-17-10-8-14(19-15)18-13-7-6-12(5-2)11(13)3/h8,10-13H,4-7,9H2,1-3H3,(H2,16,17,18,19). The second-order valence-electron chi connectivity index (χ2n) is 5.55. The van der Waals surface area contributed by atoms with Crippen molar-refractivity contribution in [2.75, 3.05) is 17.2 Å². The van der Waals surface area contributed by atoms with Gasteiger partial charge in [0.05, 0.1) is 0 Å². The lowest BCUT2D eigenvalue weighted by molar-refractivity contribution is 0.391. The lowest BCUT2D eigenvalue weighted by Crippen LogP contribution is -2.25. The van der Waals surface area contributed by atoms with Crippen molar-refractivity contribution >= 4 is 11.8 Å². The highest BCUT2D eigenvalue weighted by Crippen LogP contribution is 2.35. The van der Waals surface area contributed by atoms with Crippen LogP contribution >= 0.6 is 0 Å². The number of nitrogens with one attached hydrogen (secondary N) is 2. The molecule has 0 saturated heterocycles. The van der Waals surface area contributed by atoms with Crippen molar-refractivity contribution < 1.29 is 0 Å². The lowest BCUT2D eigenvalue weighted by atomic mass is 9.93. The molecular weight excluding hydrogens is 236 g/mol. The minimum absolute atomic E-state index is 0.555. The molecule has 0 aromatic carbocycles. The minimum Gasteiger partial charge on any atom is -0.367 e. The van der Waals surface area contributed by atoms with Crippen molar-refractivity contribution in [3.8, 4) is 0 Å². The first-order chi connectivity index (χ1) is 9.24. The average molecular weight is 262 g/mol. The van der Waals surface area contributed by atoms with E-state index < -0.39 is 0 Å². The van der Waals surface area contributed by atoms with Crippen LogP contribution in [-0.4, -0.2) is 22.6 Å². The highest BCUT2D eigenvalue weighted by molar-refractivity contribution is 5.40. The molecule has 0 amide bonds. The molecule has 0 radical (unpaired) electrons. The summed E-state index contributed by atoms with van der Waals surface area (Å²) in [5, 5.41) is 6.81. The van der Waals surface area contributed by atoms with Crippen LogP contribution in [0.15, 0.2) is 12.3 Å². The summed E-state index contributed by atoms with van der Waals surface area (Å²) < 4.78 is 0. The highest BCUT2D eigenvalue weighted by Gasteiger charge is 2.31. The van der Waals surface area contributed by atoms with Crippen molar-refractivity contribution in [1.82, 2.24) is 9.97 Å². The van der Waals surface area contributed by atoms with Gasteiger partial charge in [0.1, 0.15) is 5.82 Å². The Hall–Kier alpha value is -1.32. The fourth-order valence-electron chi connectivity index (χ4n) is 2.98. The molecule has 1 aromatic rings. The number of hydrogen-bond donors (Lipinski definition) is 2. The lowest BCUT2D eigenvalue weighted by Gasteiger charge is -2.21. The molecule has 2 N–H and O–H groups in total. The van der Waals surface area contributed by atoms with Gasteiger partial charge in [-0.05, 0) is 37.2 Å². The van der Waals surface area contributed by atoms with Crippen molar-refractivity contribution in [1.29, 1.82) is 0 Å². The Labute approximate surface area is 116 Å². The van der Waals surface area contributed by atoms with Gasteiger partial charge >= 0.3 is 0 Å². The van der Waals surface area contributed by atoms with Crippen molar-refractivity contribution in [2.45, 2.75) is 52.5 Å². The average Bonchev–Trinajstić information content (AvgIpc) is 2.78. The summed E-state index contributed by atoms with van der Waals surface area (Å²) in [6, 6.07) is 2.52. The quantitative estimate of drug-likeness (QED) is 0.823. The highest BCUT2D eigenvalue weighted by atomic mass is 15.1. The number of aromatic nitrogens is 2. The maximum Gasteiger partial charge on any atom is 0.224 e. The Morgan fingerprint density at radius 3 is 2.84 bits per heavy atom. The third kappa shape index (κ3) is 3.58. The minimum atomic E-state index is 0.555. The van der Waals surface area contributed by atoms with E-state index in [2.05, 4.69) is 41.4 Å². The molecule has 1 aliphatic carbocycles. The molecule has 106 valence electrons. The van der Waals surface area contributed by atoms with Gasteiger partial charge < -0.3 is 10.6 Å². The van der Waals surface area contributed by atoms with Gasteiger partial charge in [0.15, 0.2) is 0 Å². The van der Waals surface area contributed by atoms with E-state index in [1.807, 2.05) is 12.3 Å². The Kier molecular flexibility index (Phi) is 5.00. The molecule has 4 heteroatoms. The maximum atomic E-state index is 4.53. The van der Waals surface area contributed by atoms with Gasteiger partial charge in [0.25, 0.3) is 0 Å². The molecule has 0 bridgehead atoms. The van der Waals surface area contributed by atoms with Crippen LogP contribution in [0.4, 0.5) is 11.8 Å². The molecule has 0 aliphatic heterocycles. The summed E-state index contributed by atoms with van der Waals surface area (Å²) in [5.74, 6) is 3.26. The number of anilines is 2. The molecule has 19 heavy (non-hydrogen) atoms. The fraction of sp³-hybridized carbons (Fsp3) is 0.733. The van der Waals surface area contributed by atoms with Gasteiger partial charge in [0.2, 0.25) is 5.95 Å². The van der Waals surface area contributed by atoms with E-state index in [4.69, 9.17) is 0 Å². The third-order valence-electron chi connectivity index (χ3n) is 4.27. The third-order valence-corrected chi connectivity index (χ3v) is 4.27. The van der Waals surface area contributed by atoms with E-state index in [9.17, 15) is 0 Å². The van der Waals surface area contributed by atoms with Crippen LogP contribution in [0.25, 0.3) is 0 Å². The van der Waals surface area contributed by atoms with E-state index in [0.29, 0.717) is 6.04 Å². The maximum absolute atomic E-state index is 4.53. The molecule has 1 heterocycles. The van der Waals surface area contributed by atoms with Crippen LogP contribution in [0, 0.1) is 11.8 Å². The smallest absolute Gasteiger partial charge is 0.224 e. The molecule has 1 fully saturated rings. The molecular formula is C15H26N4. The molecule has 4 nitrogen and oxygen atoms in total. The van der Waals surface area contributed by atoms with Crippen LogP contribution < -0.4 is 10.6 Å². The molecule has 3 unspecified atom stereocenters. The van der Waals surface area contributed by atoms with E-state index >= 15 is 0 Å². The summed E-state index contributed by atoms with van der Waals surface area (Å²) >= 11 is 0. The molecule has 1 aliphatic rings. The number of nitrogens with zero attached hydrogens (tertiary/aromatic N) is 2. The predicted octanol–water partition coefficient (Wildman–Crippen LogP) is 3.54. The van der Waals surface area contributed by atoms with E-state index in [1.54, 1.807) is 0 Å². The molecule has 3 atom stereocenters. The van der Waals surface area contributed by atoms with E-state index in [1.165, 1.54) is 19.3 Å². The largest absolute Gasteiger partial charge is 0.367 e.